The summed E-state index contributed by atoms with van der Waals surface area (Å²) < 4.78 is 0. The van der Waals surface area contributed by atoms with Gasteiger partial charge in [0.25, 0.3) is 0 Å². The number of rotatable bonds is 7. The van der Waals surface area contributed by atoms with Crippen molar-refractivity contribution in [3.8, 4) is 0 Å². The smallest absolute Gasteiger partial charge is 0.00718 e. The second-order valence-electron chi connectivity index (χ2n) is 5.53. The van der Waals surface area contributed by atoms with Gasteiger partial charge in [0.15, 0.2) is 0 Å². The van der Waals surface area contributed by atoms with Gasteiger partial charge in [0, 0.05) is 18.4 Å². The van der Waals surface area contributed by atoms with E-state index in [1.54, 1.807) is 0 Å². The minimum Gasteiger partial charge on any atom is -0.306 e. The van der Waals surface area contributed by atoms with E-state index in [0.717, 1.165) is 17.2 Å². The van der Waals surface area contributed by atoms with Crippen molar-refractivity contribution in [2.24, 2.45) is 11.8 Å². The standard InChI is InChI=1S/C14H28BrN/c1-3-7-14(10-15)12-16(2)11-13-8-5-4-6-9-13/h13-14H,3-12H2,1-2H3. The first-order valence-corrected chi connectivity index (χ1v) is 8.12. The molecule has 0 bridgehead atoms. The third-order valence-electron chi connectivity index (χ3n) is 3.78. The molecule has 1 unspecified atom stereocenters. The molecule has 0 spiro atoms. The van der Waals surface area contributed by atoms with Crippen molar-refractivity contribution in [3.63, 3.8) is 0 Å². The van der Waals surface area contributed by atoms with Gasteiger partial charge in [-0.05, 0) is 38.1 Å². The number of nitrogens with zero attached hydrogens (tertiary/aromatic N) is 1. The number of halogens is 1. The van der Waals surface area contributed by atoms with Gasteiger partial charge < -0.3 is 4.90 Å². The Morgan fingerprint density at radius 1 is 1.25 bits per heavy atom. The molecule has 1 fully saturated rings. The van der Waals surface area contributed by atoms with Crippen molar-refractivity contribution in [1.82, 2.24) is 4.90 Å². The summed E-state index contributed by atoms with van der Waals surface area (Å²) in [6.07, 6.45) is 10.0. The zero-order valence-corrected chi connectivity index (χ0v) is 12.6. The second-order valence-corrected chi connectivity index (χ2v) is 6.18. The van der Waals surface area contributed by atoms with E-state index >= 15 is 0 Å². The Bertz CT molecular complexity index is 159. The first-order chi connectivity index (χ1) is 7.76. The molecular weight excluding hydrogens is 262 g/mol. The van der Waals surface area contributed by atoms with E-state index in [1.165, 1.54) is 58.0 Å². The molecule has 1 aliphatic carbocycles. The van der Waals surface area contributed by atoms with Crippen molar-refractivity contribution < 1.29 is 0 Å². The van der Waals surface area contributed by atoms with Crippen LogP contribution in [0, 0.1) is 11.8 Å². The fourth-order valence-electron chi connectivity index (χ4n) is 2.95. The summed E-state index contributed by atoms with van der Waals surface area (Å²) in [5.74, 6) is 1.83. The normalized spacial score (nSPS) is 20.2. The molecule has 0 N–H and O–H groups in total. The van der Waals surface area contributed by atoms with E-state index in [0.29, 0.717) is 0 Å². The summed E-state index contributed by atoms with van der Waals surface area (Å²) in [6, 6.07) is 0. The zero-order chi connectivity index (χ0) is 11.8. The summed E-state index contributed by atoms with van der Waals surface area (Å²) in [7, 11) is 2.31. The Balaban J connectivity index is 2.19. The van der Waals surface area contributed by atoms with Gasteiger partial charge in [-0.3, -0.25) is 0 Å². The molecule has 0 aromatic carbocycles. The fourth-order valence-corrected chi connectivity index (χ4v) is 3.48. The summed E-state index contributed by atoms with van der Waals surface area (Å²) in [4.78, 5) is 2.57. The van der Waals surface area contributed by atoms with Crippen molar-refractivity contribution in [1.29, 1.82) is 0 Å². The predicted molar refractivity (Wildman–Crippen MR) is 76.3 cm³/mol. The molecule has 2 heteroatoms. The van der Waals surface area contributed by atoms with Crippen LogP contribution in [0.25, 0.3) is 0 Å². The van der Waals surface area contributed by atoms with E-state index < -0.39 is 0 Å². The largest absolute Gasteiger partial charge is 0.306 e. The third kappa shape index (κ3) is 5.67. The molecular formula is C14H28BrN. The molecule has 1 aliphatic rings. The quantitative estimate of drug-likeness (QED) is 0.632. The minimum absolute atomic E-state index is 0.846. The predicted octanol–water partition coefficient (Wildman–Crippen LogP) is 4.31. The third-order valence-corrected chi connectivity index (χ3v) is 4.70. The van der Waals surface area contributed by atoms with Gasteiger partial charge in [-0.1, -0.05) is 48.5 Å². The van der Waals surface area contributed by atoms with Crippen LogP contribution in [0.3, 0.4) is 0 Å². The molecule has 0 saturated heterocycles. The highest BCUT2D eigenvalue weighted by molar-refractivity contribution is 9.09. The molecule has 0 aromatic heterocycles. The maximum atomic E-state index is 3.64. The van der Waals surface area contributed by atoms with Crippen LogP contribution < -0.4 is 0 Å². The van der Waals surface area contributed by atoms with Crippen LogP contribution in [-0.2, 0) is 0 Å². The van der Waals surface area contributed by atoms with Crippen LogP contribution in [0.15, 0.2) is 0 Å². The topological polar surface area (TPSA) is 3.24 Å². The monoisotopic (exact) mass is 289 g/mol. The molecule has 96 valence electrons. The highest BCUT2D eigenvalue weighted by Crippen LogP contribution is 2.24. The van der Waals surface area contributed by atoms with Crippen molar-refractivity contribution >= 4 is 15.9 Å². The first kappa shape index (κ1) is 14.5. The summed E-state index contributed by atoms with van der Waals surface area (Å²) in [5.41, 5.74) is 0. The molecule has 0 heterocycles. The van der Waals surface area contributed by atoms with E-state index in [1.807, 2.05) is 0 Å². The van der Waals surface area contributed by atoms with E-state index in [4.69, 9.17) is 0 Å². The van der Waals surface area contributed by atoms with Gasteiger partial charge in [0.05, 0.1) is 0 Å². The summed E-state index contributed by atoms with van der Waals surface area (Å²) >= 11 is 3.64. The number of alkyl halides is 1. The van der Waals surface area contributed by atoms with Crippen molar-refractivity contribution in [2.75, 3.05) is 25.5 Å². The number of hydrogen-bond donors (Lipinski definition) is 0. The van der Waals surface area contributed by atoms with E-state index in [-0.39, 0.29) is 0 Å². The molecule has 1 rings (SSSR count). The highest BCUT2D eigenvalue weighted by Gasteiger charge is 2.17. The molecule has 0 radical (unpaired) electrons. The molecule has 0 aromatic rings. The lowest BCUT2D eigenvalue weighted by molar-refractivity contribution is 0.210. The lowest BCUT2D eigenvalue weighted by Gasteiger charge is -2.29. The Kier molecular flexibility index (Phi) is 7.72. The Labute approximate surface area is 110 Å². The maximum Gasteiger partial charge on any atom is 0.00718 e. The lowest BCUT2D eigenvalue weighted by atomic mass is 9.89. The van der Waals surface area contributed by atoms with Gasteiger partial charge in [0.2, 0.25) is 0 Å². The molecule has 0 aliphatic heterocycles. The van der Waals surface area contributed by atoms with Crippen LogP contribution >= 0.6 is 15.9 Å². The van der Waals surface area contributed by atoms with Gasteiger partial charge in [-0.15, -0.1) is 0 Å². The Hall–Kier alpha value is 0.440. The van der Waals surface area contributed by atoms with Crippen LogP contribution in [0.2, 0.25) is 0 Å². The fraction of sp³-hybridized carbons (Fsp3) is 1.00. The molecule has 1 nitrogen and oxygen atoms in total. The second kappa shape index (κ2) is 8.52. The average Bonchev–Trinajstić information content (AvgIpc) is 2.29. The van der Waals surface area contributed by atoms with Crippen molar-refractivity contribution in [3.05, 3.63) is 0 Å². The average molecular weight is 290 g/mol. The minimum atomic E-state index is 0.846. The number of hydrogen-bond acceptors (Lipinski definition) is 1. The summed E-state index contributed by atoms with van der Waals surface area (Å²) in [6.45, 7) is 4.89. The van der Waals surface area contributed by atoms with Crippen molar-refractivity contribution in [2.45, 2.75) is 51.9 Å². The zero-order valence-electron chi connectivity index (χ0n) is 11.1. The Morgan fingerprint density at radius 3 is 2.50 bits per heavy atom. The van der Waals surface area contributed by atoms with E-state index in [2.05, 4.69) is 34.8 Å². The van der Waals surface area contributed by atoms with Crippen LogP contribution in [-0.4, -0.2) is 30.4 Å². The van der Waals surface area contributed by atoms with Crippen LogP contribution in [0.1, 0.15) is 51.9 Å². The van der Waals surface area contributed by atoms with Gasteiger partial charge in [-0.2, -0.15) is 0 Å². The molecule has 16 heavy (non-hydrogen) atoms. The molecule has 0 amide bonds. The first-order valence-electron chi connectivity index (χ1n) is 7.00. The lowest BCUT2D eigenvalue weighted by Crippen LogP contribution is -2.32. The SMILES string of the molecule is CCCC(CBr)CN(C)CC1CCCCC1. The highest BCUT2D eigenvalue weighted by atomic mass is 79.9. The maximum absolute atomic E-state index is 3.64. The van der Waals surface area contributed by atoms with E-state index in [9.17, 15) is 0 Å². The van der Waals surface area contributed by atoms with Gasteiger partial charge >= 0.3 is 0 Å². The van der Waals surface area contributed by atoms with Crippen LogP contribution in [0.5, 0.6) is 0 Å². The van der Waals surface area contributed by atoms with Gasteiger partial charge in [0.1, 0.15) is 0 Å². The molecule has 1 atom stereocenters. The summed E-state index contributed by atoms with van der Waals surface area (Å²) in [5, 5.41) is 1.16. The molecule has 1 saturated carbocycles. The van der Waals surface area contributed by atoms with Gasteiger partial charge in [-0.25, -0.2) is 0 Å². The van der Waals surface area contributed by atoms with Crippen LogP contribution in [0.4, 0.5) is 0 Å². The Morgan fingerprint density at radius 2 is 1.94 bits per heavy atom.